The van der Waals surface area contributed by atoms with E-state index >= 15 is 0 Å². The Morgan fingerprint density at radius 1 is 1.06 bits per heavy atom. The summed E-state index contributed by atoms with van der Waals surface area (Å²) < 4.78 is 26.9. The smallest absolute Gasteiger partial charge is 0.320 e. The highest BCUT2D eigenvalue weighted by Gasteiger charge is 2.27. The molecule has 4 nitrogen and oxygen atoms in total. The molecule has 0 radical (unpaired) electrons. The topological polar surface area (TPSA) is 35.6 Å². The van der Waals surface area contributed by atoms with Gasteiger partial charge in [-0.2, -0.15) is 0 Å². The van der Waals surface area contributed by atoms with E-state index in [1.807, 2.05) is 17.0 Å². The summed E-state index contributed by atoms with van der Waals surface area (Å²) in [6.45, 7) is 3.46. The molecule has 0 spiro atoms. The van der Waals surface area contributed by atoms with Gasteiger partial charge in [-0.3, -0.25) is 0 Å². The van der Waals surface area contributed by atoms with E-state index in [2.05, 4.69) is 16.3 Å². The number of halogens is 4. The Labute approximate surface area is 203 Å². The largest absolute Gasteiger partial charge is 0.322 e. The molecule has 0 saturated carbocycles. The Hall–Kier alpha value is -2.15. The van der Waals surface area contributed by atoms with Crippen molar-refractivity contribution in [3.05, 3.63) is 69.7 Å². The number of hydrogen-bond donors (Lipinski definition) is 1. The Kier molecular flexibility index (Phi) is 7.89. The predicted molar refractivity (Wildman–Crippen MR) is 130 cm³/mol. The first-order chi connectivity index (χ1) is 15.9. The van der Waals surface area contributed by atoms with E-state index < -0.39 is 11.6 Å². The van der Waals surface area contributed by atoms with Gasteiger partial charge in [0.2, 0.25) is 0 Å². The van der Waals surface area contributed by atoms with Gasteiger partial charge >= 0.3 is 6.03 Å². The van der Waals surface area contributed by atoms with Gasteiger partial charge in [0.05, 0.1) is 0 Å². The molecule has 1 aliphatic heterocycles. The minimum Gasteiger partial charge on any atom is -0.320 e. The van der Waals surface area contributed by atoms with Crippen molar-refractivity contribution in [1.29, 1.82) is 0 Å². The van der Waals surface area contributed by atoms with Crippen molar-refractivity contribution in [2.75, 3.05) is 31.5 Å². The summed E-state index contributed by atoms with van der Waals surface area (Å²) >= 11 is 12.3. The van der Waals surface area contributed by atoms with Crippen LogP contribution >= 0.6 is 23.2 Å². The van der Waals surface area contributed by atoms with Gasteiger partial charge in [0.25, 0.3) is 0 Å². The highest BCUT2D eigenvalue weighted by molar-refractivity contribution is 6.34. The number of hydrogen-bond acceptors (Lipinski definition) is 2. The number of anilines is 1. The van der Waals surface area contributed by atoms with Gasteiger partial charge in [-0.25, -0.2) is 13.6 Å². The van der Waals surface area contributed by atoms with Crippen LogP contribution in [-0.2, 0) is 0 Å². The van der Waals surface area contributed by atoms with Gasteiger partial charge < -0.3 is 15.1 Å². The van der Waals surface area contributed by atoms with Crippen LogP contribution in [0.2, 0.25) is 10.0 Å². The SMILES string of the molecule is O=C(Nc1ccc(F)c(F)c1)N(CCN1CCCC1)C1CC=C(c2cc(Cl)cc(Cl)c2)CC1. The lowest BCUT2D eigenvalue weighted by Crippen LogP contribution is -2.47. The lowest BCUT2D eigenvalue weighted by molar-refractivity contribution is 0.170. The van der Waals surface area contributed by atoms with Crippen molar-refractivity contribution in [3.63, 3.8) is 0 Å². The molecule has 4 rings (SSSR count). The number of benzene rings is 2. The third-order valence-corrected chi connectivity index (χ3v) is 6.78. The van der Waals surface area contributed by atoms with Gasteiger partial charge in [0.15, 0.2) is 11.6 Å². The minimum absolute atomic E-state index is 0.0105. The van der Waals surface area contributed by atoms with E-state index in [1.54, 1.807) is 6.07 Å². The Bertz CT molecular complexity index is 1020. The van der Waals surface area contributed by atoms with Gasteiger partial charge in [0, 0.05) is 40.9 Å². The number of amides is 2. The van der Waals surface area contributed by atoms with E-state index in [4.69, 9.17) is 23.2 Å². The lowest BCUT2D eigenvalue weighted by Gasteiger charge is -2.35. The molecule has 33 heavy (non-hydrogen) atoms. The first kappa shape index (κ1) is 24.0. The standard InChI is InChI=1S/C25H27Cl2F2N3O/c26-19-13-18(14-20(27)15-19)17-3-6-22(7-4-17)32(12-11-31-9-1-2-10-31)25(33)30-21-5-8-23(28)24(29)16-21/h3,5,8,13-16,22H,1-2,4,6-7,9-12H2,(H,30,33). The first-order valence-electron chi connectivity index (χ1n) is 11.3. The number of carbonyl (C=O) groups is 1. The number of urea groups is 1. The molecule has 1 atom stereocenters. The van der Waals surface area contributed by atoms with Gasteiger partial charge in [-0.1, -0.05) is 29.3 Å². The third-order valence-electron chi connectivity index (χ3n) is 6.34. The summed E-state index contributed by atoms with van der Waals surface area (Å²) in [6.07, 6.45) is 6.78. The molecule has 1 heterocycles. The van der Waals surface area contributed by atoms with Crippen LogP contribution in [0.5, 0.6) is 0 Å². The molecule has 1 aliphatic carbocycles. The molecule has 2 amide bonds. The Balaban J connectivity index is 1.48. The van der Waals surface area contributed by atoms with Gasteiger partial charge in [0.1, 0.15) is 0 Å². The summed E-state index contributed by atoms with van der Waals surface area (Å²) in [5.74, 6) is -1.92. The van der Waals surface area contributed by atoms with Crippen molar-refractivity contribution >= 4 is 40.5 Å². The highest BCUT2D eigenvalue weighted by Crippen LogP contribution is 2.32. The number of allylic oxidation sites excluding steroid dienone is 1. The number of nitrogens with one attached hydrogen (secondary N) is 1. The molecule has 2 aliphatic rings. The van der Waals surface area contributed by atoms with Crippen LogP contribution in [0.25, 0.3) is 5.57 Å². The fourth-order valence-electron chi connectivity index (χ4n) is 4.58. The Morgan fingerprint density at radius 3 is 2.42 bits per heavy atom. The van der Waals surface area contributed by atoms with Crippen molar-refractivity contribution in [2.45, 2.75) is 38.1 Å². The number of rotatable bonds is 6. The molecular formula is C25H27Cl2F2N3O. The van der Waals surface area contributed by atoms with Gasteiger partial charge in [-0.15, -0.1) is 0 Å². The maximum atomic E-state index is 13.6. The molecular weight excluding hydrogens is 467 g/mol. The monoisotopic (exact) mass is 493 g/mol. The number of nitrogens with zero attached hydrogens (tertiary/aromatic N) is 2. The van der Waals surface area contributed by atoms with Crippen molar-refractivity contribution in [2.24, 2.45) is 0 Å². The summed E-state index contributed by atoms with van der Waals surface area (Å²) in [4.78, 5) is 17.4. The first-order valence-corrected chi connectivity index (χ1v) is 12.0. The predicted octanol–water partition coefficient (Wildman–Crippen LogP) is 6.84. The maximum Gasteiger partial charge on any atom is 0.322 e. The highest BCUT2D eigenvalue weighted by atomic mass is 35.5. The number of likely N-dealkylation sites (tertiary alicyclic amines) is 1. The summed E-state index contributed by atoms with van der Waals surface area (Å²) in [5.41, 5.74) is 2.41. The van der Waals surface area contributed by atoms with Crippen molar-refractivity contribution < 1.29 is 13.6 Å². The molecule has 0 aromatic heterocycles. The van der Waals surface area contributed by atoms with Crippen LogP contribution in [0.3, 0.4) is 0 Å². The summed E-state index contributed by atoms with van der Waals surface area (Å²) in [7, 11) is 0. The molecule has 1 fully saturated rings. The fourth-order valence-corrected chi connectivity index (χ4v) is 5.11. The molecule has 176 valence electrons. The van der Waals surface area contributed by atoms with E-state index in [1.165, 1.54) is 18.9 Å². The van der Waals surface area contributed by atoms with E-state index in [0.29, 0.717) is 23.0 Å². The second-order valence-corrected chi connectivity index (χ2v) is 9.49. The lowest BCUT2D eigenvalue weighted by atomic mass is 9.90. The van der Waals surface area contributed by atoms with E-state index in [0.717, 1.165) is 55.7 Å². The quantitative estimate of drug-likeness (QED) is 0.478. The average molecular weight is 494 g/mol. The van der Waals surface area contributed by atoms with Crippen LogP contribution in [-0.4, -0.2) is 48.1 Å². The molecule has 1 N–H and O–H groups in total. The molecule has 0 bridgehead atoms. The molecule has 2 aromatic rings. The zero-order valence-electron chi connectivity index (χ0n) is 18.3. The molecule has 2 aromatic carbocycles. The van der Waals surface area contributed by atoms with Crippen LogP contribution in [0.1, 0.15) is 37.7 Å². The van der Waals surface area contributed by atoms with Crippen molar-refractivity contribution in [3.8, 4) is 0 Å². The zero-order chi connectivity index (χ0) is 23.4. The minimum atomic E-state index is -0.984. The van der Waals surface area contributed by atoms with Crippen LogP contribution in [0.4, 0.5) is 19.3 Å². The van der Waals surface area contributed by atoms with Crippen LogP contribution in [0.15, 0.2) is 42.5 Å². The zero-order valence-corrected chi connectivity index (χ0v) is 19.8. The van der Waals surface area contributed by atoms with E-state index in [9.17, 15) is 13.6 Å². The van der Waals surface area contributed by atoms with Gasteiger partial charge in [-0.05, 0) is 86.7 Å². The van der Waals surface area contributed by atoms with Crippen LogP contribution in [0, 0.1) is 11.6 Å². The molecule has 1 saturated heterocycles. The number of carbonyl (C=O) groups excluding carboxylic acids is 1. The average Bonchev–Trinajstić information content (AvgIpc) is 3.30. The van der Waals surface area contributed by atoms with Crippen LogP contribution < -0.4 is 5.32 Å². The normalized spacial score (nSPS) is 18.8. The maximum absolute atomic E-state index is 13.6. The van der Waals surface area contributed by atoms with E-state index in [-0.39, 0.29) is 17.8 Å². The molecule has 8 heteroatoms. The Morgan fingerprint density at radius 2 is 1.79 bits per heavy atom. The summed E-state index contributed by atoms with van der Waals surface area (Å²) in [5, 5.41) is 3.94. The second kappa shape index (κ2) is 10.9. The fraction of sp³-hybridized carbons (Fsp3) is 0.400. The second-order valence-electron chi connectivity index (χ2n) is 8.62. The third kappa shape index (κ3) is 6.25. The summed E-state index contributed by atoms with van der Waals surface area (Å²) in [6, 6.07) is 8.63. The van der Waals surface area contributed by atoms with Crippen molar-refractivity contribution in [1.82, 2.24) is 9.80 Å². The molecule has 1 unspecified atom stereocenters.